The number of rotatable bonds is 6. The number of urea groups is 1. The predicted octanol–water partition coefficient (Wildman–Crippen LogP) is 2.36. The van der Waals surface area contributed by atoms with Gasteiger partial charge >= 0.3 is 12.0 Å². The summed E-state index contributed by atoms with van der Waals surface area (Å²) in [6.45, 7) is 4.91. The number of carboxylic acid groups (broad SMARTS) is 1. The number of anilines is 1. The molecule has 1 aromatic rings. The molecule has 1 aromatic heterocycles. The van der Waals surface area contributed by atoms with E-state index in [2.05, 4.69) is 24.1 Å². The normalized spacial score (nSPS) is 14.0. The Balaban J connectivity index is 1.96. The van der Waals surface area contributed by atoms with Gasteiger partial charge in [-0.1, -0.05) is 13.8 Å². The molecule has 1 saturated carbocycles. The number of aromatic nitrogens is 1. The van der Waals surface area contributed by atoms with Crippen molar-refractivity contribution in [3.8, 4) is 0 Å². The molecule has 1 fully saturated rings. The maximum atomic E-state index is 12.3. The van der Waals surface area contributed by atoms with Gasteiger partial charge in [0.2, 0.25) is 0 Å². The van der Waals surface area contributed by atoms with Crippen molar-refractivity contribution in [2.75, 3.05) is 11.9 Å². The fourth-order valence-corrected chi connectivity index (χ4v) is 2.13. The van der Waals surface area contributed by atoms with E-state index >= 15 is 0 Å². The van der Waals surface area contributed by atoms with Crippen molar-refractivity contribution in [1.82, 2.24) is 9.88 Å². The summed E-state index contributed by atoms with van der Waals surface area (Å²) < 4.78 is 0. The maximum Gasteiger partial charge on any atom is 0.322 e. The van der Waals surface area contributed by atoms with E-state index in [9.17, 15) is 9.59 Å². The molecule has 2 rings (SSSR count). The van der Waals surface area contributed by atoms with Crippen LogP contribution in [-0.2, 0) is 11.2 Å². The van der Waals surface area contributed by atoms with Crippen molar-refractivity contribution in [3.63, 3.8) is 0 Å². The molecule has 0 aliphatic heterocycles. The van der Waals surface area contributed by atoms with Gasteiger partial charge < -0.3 is 15.3 Å². The number of hydrogen-bond acceptors (Lipinski definition) is 3. The van der Waals surface area contributed by atoms with Crippen LogP contribution in [-0.4, -0.2) is 39.6 Å². The van der Waals surface area contributed by atoms with Gasteiger partial charge in [-0.25, -0.2) is 4.79 Å². The van der Waals surface area contributed by atoms with Crippen LogP contribution in [0.15, 0.2) is 18.3 Å². The highest BCUT2D eigenvalue weighted by atomic mass is 16.4. The summed E-state index contributed by atoms with van der Waals surface area (Å²) in [5.41, 5.74) is 1.06. The lowest BCUT2D eigenvalue weighted by atomic mass is 10.2. The molecule has 1 aliphatic carbocycles. The zero-order valence-electron chi connectivity index (χ0n) is 12.4. The molecule has 2 amide bonds. The average molecular weight is 291 g/mol. The molecule has 0 aromatic carbocycles. The molecule has 0 spiro atoms. The van der Waals surface area contributed by atoms with E-state index in [1.165, 1.54) is 6.20 Å². The number of carboxylic acids is 1. The molecule has 6 nitrogen and oxygen atoms in total. The van der Waals surface area contributed by atoms with Gasteiger partial charge in [0.25, 0.3) is 0 Å². The fraction of sp³-hybridized carbons (Fsp3) is 0.533. The lowest BCUT2D eigenvalue weighted by Crippen LogP contribution is -2.39. The molecule has 1 aliphatic rings. The van der Waals surface area contributed by atoms with Crippen LogP contribution >= 0.6 is 0 Å². The van der Waals surface area contributed by atoms with Crippen molar-refractivity contribution in [1.29, 1.82) is 0 Å². The summed E-state index contributed by atoms with van der Waals surface area (Å²) in [5.74, 6) is -0.497. The van der Waals surface area contributed by atoms with Gasteiger partial charge in [0.15, 0.2) is 0 Å². The Morgan fingerprint density at radius 1 is 1.43 bits per heavy atom. The van der Waals surface area contributed by atoms with Crippen molar-refractivity contribution < 1.29 is 14.7 Å². The van der Waals surface area contributed by atoms with Crippen LogP contribution in [0.5, 0.6) is 0 Å². The number of amides is 2. The monoisotopic (exact) mass is 291 g/mol. The minimum atomic E-state index is -0.920. The van der Waals surface area contributed by atoms with Crippen LogP contribution < -0.4 is 5.32 Å². The van der Waals surface area contributed by atoms with Gasteiger partial charge in [-0.05, 0) is 30.9 Å². The third-order valence-electron chi connectivity index (χ3n) is 3.22. The number of carbonyl (C=O) groups excluding carboxylic acids is 1. The first-order valence-electron chi connectivity index (χ1n) is 7.20. The number of pyridine rings is 1. The van der Waals surface area contributed by atoms with Crippen molar-refractivity contribution in [2.24, 2.45) is 5.92 Å². The van der Waals surface area contributed by atoms with Gasteiger partial charge in [0.05, 0.1) is 24.0 Å². The maximum absolute atomic E-state index is 12.3. The Labute approximate surface area is 124 Å². The smallest absolute Gasteiger partial charge is 0.322 e. The topological polar surface area (TPSA) is 82.5 Å². The predicted molar refractivity (Wildman–Crippen MR) is 79.2 cm³/mol. The Hall–Kier alpha value is -2.11. The number of aliphatic carboxylic acids is 1. The summed E-state index contributed by atoms with van der Waals surface area (Å²) in [6.07, 6.45) is 3.51. The molecule has 114 valence electrons. The highest BCUT2D eigenvalue weighted by Gasteiger charge is 2.32. The van der Waals surface area contributed by atoms with E-state index < -0.39 is 5.97 Å². The second-order valence-corrected chi connectivity index (χ2v) is 5.82. The summed E-state index contributed by atoms with van der Waals surface area (Å²) >= 11 is 0. The van der Waals surface area contributed by atoms with Gasteiger partial charge in [0, 0.05) is 12.6 Å². The summed E-state index contributed by atoms with van der Waals surface area (Å²) in [4.78, 5) is 28.8. The number of nitrogens with one attached hydrogen (secondary N) is 1. The molecule has 0 radical (unpaired) electrons. The molecule has 0 unspecified atom stereocenters. The first-order valence-corrected chi connectivity index (χ1v) is 7.20. The highest BCUT2D eigenvalue weighted by molar-refractivity contribution is 5.89. The fourth-order valence-electron chi connectivity index (χ4n) is 2.13. The van der Waals surface area contributed by atoms with Gasteiger partial charge in [0.1, 0.15) is 0 Å². The standard InChI is InChI=1S/C15H21N3O3/c1-10(2)9-18(13-5-6-13)15(21)17-12-4-3-11(16-8-12)7-14(19)20/h3-4,8,10,13H,5-7,9H2,1-2H3,(H,17,21)(H,19,20). The van der Waals surface area contributed by atoms with Crippen LogP contribution in [0.2, 0.25) is 0 Å². The number of hydrogen-bond donors (Lipinski definition) is 2. The zero-order chi connectivity index (χ0) is 15.4. The van der Waals surface area contributed by atoms with Gasteiger partial charge in [-0.3, -0.25) is 9.78 Å². The number of nitrogens with zero attached hydrogens (tertiary/aromatic N) is 2. The second kappa shape index (κ2) is 6.56. The number of carbonyl (C=O) groups is 2. The molecular formula is C15H21N3O3. The molecule has 0 bridgehead atoms. The first kappa shape index (κ1) is 15.3. The molecular weight excluding hydrogens is 270 g/mol. The lowest BCUT2D eigenvalue weighted by molar-refractivity contribution is -0.136. The Morgan fingerprint density at radius 3 is 2.62 bits per heavy atom. The van der Waals surface area contributed by atoms with Crippen LogP contribution in [0, 0.1) is 5.92 Å². The Bertz CT molecular complexity index is 509. The minimum Gasteiger partial charge on any atom is -0.481 e. The molecule has 1 heterocycles. The quantitative estimate of drug-likeness (QED) is 0.843. The van der Waals surface area contributed by atoms with Crippen molar-refractivity contribution in [2.45, 2.75) is 39.2 Å². The highest BCUT2D eigenvalue weighted by Crippen LogP contribution is 2.28. The largest absolute Gasteiger partial charge is 0.481 e. The SMILES string of the molecule is CC(C)CN(C(=O)Nc1ccc(CC(=O)O)nc1)C1CC1. The van der Waals surface area contributed by atoms with Gasteiger partial charge in [-0.2, -0.15) is 0 Å². The Morgan fingerprint density at radius 2 is 2.14 bits per heavy atom. The summed E-state index contributed by atoms with van der Waals surface area (Å²) in [6, 6.07) is 3.54. The van der Waals surface area contributed by atoms with Crippen LogP contribution in [0.1, 0.15) is 32.4 Å². The average Bonchev–Trinajstić information content (AvgIpc) is 3.21. The van der Waals surface area contributed by atoms with E-state index in [0.717, 1.165) is 19.4 Å². The van der Waals surface area contributed by atoms with Crippen molar-refractivity contribution >= 4 is 17.7 Å². The van der Waals surface area contributed by atoms with Crippen LogP contribution in [0.3, 0.4) is 0 Å². The molecule has 21 heavy (non-hydrogen) atoms. The van der Waals surface area contributed by atoms with E-state index in [-0.39, 0.29) is 12.5 Å². The second-order valence-electron chi connectivity index (χ2n) is 5.82. The van der Waals surface area contributed by atoms with E-state index in [1.54, 1.807) is 12.1 Å². The van der Waals surface area contributed by atoms with E-state index in [4.69, 9.17) is 5.11 Å². The minimum absolute atomic E-state index is 0.112. The molecule has 6 heteroatoms. The van der Waals surface area contributed by atoms with Crippen LogP contribution in [0.4, 0.5) is 10.5 Å². The summed E-state index contributed by atoms with van der Waals surface area (Å²) in [7, 11) is 0. The van der Waals surface area contributed by atoms with E-state index in [1.807, 2.05) is 4.90 Å². The van der Waals surface area contributed by atoms with Crippen molar-refractivity contribution in [3.05, 3.63) is 24.0 Å². The van der Waals surface area contributed by atoms with E-state index in [0.29, 0.717) is 23.3 Å². The third-order valence-corrected chi connectivity index (χ3v) is 3.22. The molecule has 0 atom stereocenters. The third kappa shape index (κ3) is 4.73. The zero-order valence-corrected chi connectivity index (χ0v) is 12.4. The Kier molecular flexibility index (Phi) is 4.77. The lowest BCUT2D eigenvalue weighted by Gasteiger charge is -2.24. The molecule has 2 N–H and O–H groups in total. The summed E-state index contributed by atoms with van der Waals surface area (Å²) in [5, 5.41) is 11.5. The van der Waals surface area contributed by atoms with Gasteiger partial charge in [-0.15, -0.1) is 0 Å². The first-order chi connectivity index (χ1) is 9.95. The molecule has 0 saturated heterocycles. The van der Waals surface area contributed by atoms with Crippen LogP contribution in [0.25, 0.3) is 0 Å².